The number of hydrogen-bond acceptors (Lipinski definition) is 3. The Balaban J connectivity index is 1.48. The number of anilines is 1. The summed E-state index contributed by atoms with van der Waals surface area (Å²) >= 11 is 6.13. The topological polar surface area (TPSA) is 63.1 Å². The number of imidazole rings is 1. The van der Waals surface area contributed by atoms with E-state index < -0.39 is 0 Å². The highest BCUT2D eigenvalue weighted by Crippen LogP contribution is 2.29. The van der Waals surface area contributed by atoms with Crippen molar-refractivity contribution >= 4 is 34.5 Å². The molecule has 2 aromatic heterocycles. The molecule has 1 N–H and O–H groups in total. The molecule has 0 unspecified atom stereocenters. The molecule has 6 nitrogen and oxygen atoms in total. The van der Waals surface area contributed by atoms with Gasteiger partial charge in [-0.25, -0.2) is 14.8 Å². The molecule has 1 saturated heterocycles. The smallest absolute Gasteiger partial charge is 0.321 e. The van der Waals surface area contributed by atoms with E-state index in [1.54, 1.807) is 12.3 Å². The fourth-order valence-corrected chi connectivity index (χ4v) is 3.62. The maximum absolute atomic E-state index is 12.6. The van der Waals surface area contributed by atoms with Crippen molar-refractivity contribution in [3.8, 4) is 0 Å². The van der Waals surface area contributed by atoms with Crippen LogP contribution in [0.25, 0.3) is 11.2 Å². The van der Waals surface area contributed by atoms with Gasteiger partial charge >= 0.3 is 6.03 Å². The summed E-state index contributed by atoms with van der Waals surface area (Å²) in [4.78, 5) is 23.5. The predicted octanol–water partition coefficient (Wildman–Crippen LogP) is 3.95. The van der Waals surface area contributed by atoms with Gasteiger partial charge in [0.15, 0.2) is 5.65 Å². The molecule has 134 valence electrons. The van der Waals surface area contributed by atoms with Gasteiger partial charge in [0.2, 0.25) is 0 Å². The number of urea groups is 1. The van der Waals surface area contributed by atoms with E-state index in [0.29, 0.717) is 23.8 Å². The minimum absolute atomic E-state index is 0.107. The van der Waals surface area contributed by atoms with Crippen LogP contribution in [0.1, 0.15) is 23.7 Å². The maximum atomic E-state index is 12.6. The number of aryl methyl sites for hydroxylation is 2. The Labute approximate surface area is 156 Å². The minimum atomic E-state index is -0.107. The van der Waals surface area contributed by atoms with Gasteiger partial charge in [-0.15, -0.1) is 0 Å². The lowest BCUT2D eigenvalue weighted by Crippen LogP contribution is -2.33. The van der Waals surface area contributed by atoms with Crippen molar-refractivity contribution in [3.63, 3.8) is 0 Å². The van der Waals surface area contributed by atoms with E-state index in [4.69, 9.17) is 16.6 Å². The number of amides is 2. The third-order valence-electron chi connectivity index (χ3n) is 4.93. The Bertz CT molecular complexity index is 983. The van der Waals surface area contributed by atoms with Gasteiger partial charge in [0.05, 0.1) is 0 Å². The first kappa shape index (κ1) is 16.8. The number of pyridine rings is 1. The SMILES string of the molecule is Cc1ccc(NC(=O)N2CC[C@@H](c3nc4cccnc4n3C)C2)cc1Cl. The van der Waals surface area contributed by atoms with Gasteiger partial charge < -0.3 is 14.8 Å². The molecule has 7 heteroatoms. The lowest BCUT2D eigenvalue weighted by molar-refractivity contribution is 0.222. The van der Waals surface area contributed by atoms with Gasteiger partial charge in [-0.1, -0.05) is 17.7 Å². The number of rotatable bonds is 2. The van der Waals surface area contributed by atoms with Crippen molar-refractivity contribution in [1.29, 1.82) is 0 Å². The number of nitrogens with one attached hydrogen (secondary N) is 1. The fourth-order valence-electron chi connectivity index (χ4n) is 3.43. The summed E-state index contributed by atoms with van der Waals surface area (Å²) in [7, 11) is 1.98. The third-order valence-corrected chi connectivity index (χ3v) is 5.33. The van der Waals surface area contributed by atoms with Crippen molar-refractivity contribution in [2.24, 2.45) is 7.05 Å². The molecular formula is C19H20ClN5O. The number of halogens is 1. The summed E-state index contributed by atoms with van der Waals surface area (Å²) in [5.41, 5.74) is 3.46. The Morgan fingerprint density at radius 1 is 1.35 bits per heavy atom. The molecule has 1 aliphatic heterocycles. The lowest BCUT2D eigenvalue weighted by atomic mass is 10.1. The van der Waals surface area contributed by atoms with Crippen LogP contribution in [0.5, 0.6) is 0 Å². The molecule has 0 spiro atoms. The largest absolute Gasteiger partial charge is 0.324 e. The molecule has 4 rings (SSSR count). The zero-order valence-corrected chi connectivity index (χ0v) is 15.5. The number of carbonyl (C=O) groups excluding carboxylic acids is 1. The molecule has 1 fully saturated rings. The van der Waals surface area contributed by atoms with E-state index in [-0.39, 0.29) is 11.9 Å². The van der Waals surface area contributed by atoms with E-state index >= 15 is 0 Å². The lowest BCUT2D eigenvalue weighted by Gasteiger charge is -2.17. The molecule has 3 heterocycles. The van der Waals surface area contributed by atoms with Crippen molar-refractivity contribution in [2.75, 3.05) is 18.4 Å². The van der Waals surface area contributed by atoms with Gasteiger partial charge in [-0.2, -0.15) is 0 Å². The third kappa shape index (κ3) is 3.01. The second kappa shape index (κ2) is 6.61. The average Bonchev–Trinajstić information content (AvgIpc) is 3.24. The van der Waals surface area contributed by atoms with E-state index in [1.807, 2.05) is 47.7 Å². The van der Waals surface area contributed by atoms with E-state index in [0.717, 1.165) is 29.0 Å². The molecular weight excluding hydrogens is 350 g/mol. The molecule has 1 atom stereocenters. The number of aromatic nitrogens is 3. The highest BCUT2D eigenvalue weighted by Gasteiger charge is 2.30. The monoisotopic (exact) mass is 369 g/mol. The zero-order chi connectivity index (χ0) is 18.3. The summed E-state index contributed by atoms with van der Waals surface area (Å²) in [5, 5.41) is 3.58. The van der Waals surface area contributed by atoms with Crippen LogP contribution in [0.2, 0.25) is 5.02 Å². The average molecular weight is 370 g/mol. The molecule has 1 aromatic carbocycles. The normalized spacial score (nSPS) is 17.0. The van der Waals surface area contributed by atoms with Crippen LogP contribution in [0.4, 0.5) is 10.5 Å². The summed E-state index contributed by atoms with van der Waals surface area (Å²) in [5.74, 6) is 1.19. The quantitative estimate of drug-likeness (QED) is 0.743. The Kier molecular flexibility index (Phi) is 4.28. The first-order valence-corrected chi connectivity index (χ1v) is 9.00. The van der Waals surface area contributed by atoms with Crippen LogP contribution in [-0.4, -0.2) is 38.6 Å². The molecule has 1 aliphatic rings. The molecule has 0 bridgehead atoms. The fraction of sp³-hybridized carbons (Fsp3) is 0.316. The summed E-state index contributed by atoms with van der Waals surface area (Å²) in [6, 6.07) is 9.29. The second-order valence-electron chi connectivity index (χ2n) is 6.70. The van der Waals surface area contributed by atoms with E-state index in [1.165, 1.54) is 0 Å². The summed E-state index contributed by atoms with van der Waals surface area (Å²) in [6.07, 6.45) is 2.66. The van der Waals surface area contributed by atoms with Gasteiger partial charge in [-0.3, -0.25) is 0 Å². The first-order valence-electron chi connectivity index (χ1n) is 8.62. The van der Waals surface area contributed by atoms with Crippen LogP contribution < -0.4 is 5.32 Å². The number of likely N-dealkylation sites (tertiary alicyclic amines) is 1. The standard InChI is InChI=1S/C19H20ClN5O/c1-12-5-6-14(10-15(12)20)22-19(26)25-9-7-13(11-25)17-23-16-4-3-8-21-18(16)24(17)2/h3-6,8,10,13H,7,9,11H2,1-2H3,(H,22,26)/t13-/m1/s1. The summed E-state index contributed by atoms with van der Waals surface area (Å²) < 4.78 is 2.03. The summed E-state index contributed by atoms with van der Waals surface area (Å²) in [6.45, 7) is 3.28. The number of hydrogen-bond donors (Lipinski definition) is 1. The molecule has 0 radical (unpaired) electrons. The second-order valence-corrected chi connectivity index (χ2v) is 7.11. The van der Waals surface area contributed by atoms with Crippen LogP contribution in [0.3, 0.4) is 0 Å². The van der Waals surface area contributed by atoms with E-state index in [2.05, 4.69) is 10.3 Å². The van der Waals surface area contributed by atoms with Gasteiger partial charge in [-0.05, 0) is 43.2 Å². The van der Waals surface area contributed by atoms with Gasteiger partial charge in [0, 0.05) is 43.0 Å². The van der Waals surface area contributed by atoms with Gasteiger partial charge in [0.25, 0.3) is 0 Å². The molecule has 3 aromatic rings. The number of benzene rings is 1. The van der Waals surface area contributed by atoms with Crippen LogP contribution in [-0.2, 0) is 7.05 Å². The van der Waals surface area contributed by atoms with Crippen LogP contribution in [0.15, 0.2) is 36.5 Å². The van der Waals surface area contributed by atoms with Crippen molar-refractivity contribution in [1.82, 2.24) is 19.4 Å². The van der Waals surface area contributed by atoms with Crippen LogP contribution in [0, 0.1) is 6.92 Å². The highest BCUT2D eigenvalue weighted by atomic mass is 35.5. The zero-order valence-electron chi connectivity index (χ0n) is 14.7. The van der Waals surface area contributed by atoms with Crippen molar-refractivity contribution < 1.29 is 4.79 Å². The minimum Gasteiger partial charge on any atom is -0.324 e. The maximum Gasteiger partial charge on any atom is 0.321 e. The Morgan fingerprint density at radius 2 is 2.19 bits per heavy atom. The van der Waals surface area contributed by atoms with E-state index in [9.17, 15) is 4.79 Å². The van der Waals surface area contributed by atoms with Crippen molar-refractivity contribution in [3.05, 3.63) is 52.9 Å². The Hall–Kier alpha value is -2.60. The molecule has 0 saturated carbocycles. The number of fused-ring (bicyclic) bond motifs is 1. The highest BCUT2D eigenvalue weighted by molar-refractivity contribution is 6.31. The molecule has 2 amide bonds. The molecule has 26 heavy (non-hydrogen) atoms. The first-order chi connectivity index (χ1) is 12.5. The van der Waals surface area contributed by atoms with Crippen molar-refractivity contribution in [2.45, 2.75) is 19.3 Å². The Morgan fingerprint density at radius 3 is 2.96 bits per heavy atom. The van der Waals surface area contributed by atoms with Crippen LogP contribution >= 0.6 is 11.6 Å². The van der Waals surface area contributed by atoms with Gasteiger partial charge in [0.1, 0.15) is 11.3 Å². The number of nitrogens with zero attached hydrogens (tertiary/aromatic N) is 4. The number of carbonyl (C=O) groups is 1. The predicted molar refractivity (Wildman–Crippen MR) is 103 cm³/mol. The molecule has 0 aliphatic carbocycles.